The highest BCUT2D eigenvalue weighted by molar-refractivity contribution is 14.1. The number of halogens is 1. The summed E-state index contributed by atoms with van der Waals surface area (Å²) in [5.74, 6) is 3.37. The van der Waals surface area contributed by atoms with Crippen LogP contribution in [0.4, 0.5) is 0 Å². The molecule has 24 heavy (non-hydrogen) atoms. The molecular formula is C21H39INO+. The molecule has 0 atom stereocenters. The Kier molecular flexibility index (Phi) is 14.3. The van der Waals surface area contributed by atoms with Gasteiger partial charge in [0.15, 0.2) is 0 Å². The summed E-state index contributed by atoms with van der Waals surface area (Å²) in [4.78, 5) is 0. The van der Waals surface area contributed by atoms with Crippen LogP contribution in [-0.4, -0.2) is 42.4 Å². The largest absolute Gasteiger partial charge is 0.396 e. The first-order chi connectivity index (χ1) is 11.8. The number of aliphatic hydroxyl groups is 1. The van der Waals surface area contributed by atoms with Gasteiger partial charge >= 0.3 is 0 Å². The minimum absolute atomic E-state index is 0.365. The molecule has 0 unspecified atom stereocenters. The number of hydrogen-bond acceptors (Lipinski definition) is 1. The summed E-state index contributed by atoms with van der Waals surface area (Å²) in [7, 11) is 0. The molecule has 2 nitrogen and oxygen atoms in total. The van der Waals surface area contributed by atoms with Crippen molar-refractivity contribution in [3.05, 3.63) is 0 Å². The number of hydrogen-bond donors (Lipinski definition) is 1. The van der Waals surface area contributed by atoms with Crippen molar-refractivity contribution in [1.29, 1.82) is 0 Å². The maximum Gasteiger partial charge on any atom is 0.141 e. The molecule has 0 spiro atoms. The zero-order valence-corrected chi connectivity index (χ0v) is 17.9. The average Bonchev–Trinajstić information content (AvgIpc) is 2.84. The zero-order chi connectivity index (χ0) is 17.3. The van der Waals surface area contributed by atoms with E-state index in [0.717, 1.165) is 13.0 Å². The molecule has 1 heterocycles. The molecule has 1 aliphatic heterocycles. The van der Waals surface area contributed by atoms with E-state index in [-0.39, 0.29) is 0 Å². The van der Waals surface area contributed by atoms with E-state index in [1.54, 1.807) is 0 Å². The van der Waals surface area contributed by atoms with Gasteiger partial charge in [0.05, 0.1) is 19.6 Å². The highest BCUT2D eigenvalue weighted by atomic mass is 127. The van der Waals surface area contributed by atoms with Crippen LogP contribution in [0, 0.1) is 9.85 Å². The van der Waals surface area contributed by atoms with E-state index in [0.29, 0.717) is 6.61 Å². The third kappa shape index (κ3) is 10.9. The third-order valence-electron chi connectivity index (χ3n) is 5.54. The first kappa shape index (κ1) is 22.3. The number of quaternary nitrogens is 1. The van der Waals surface area contributed by atoms with Crippen molar-refractivity contribution in [3.63, 3.8) is 0 Å². The Morgan fingerprint density at radius 2 is 1.21 bits per heavy atom. The van der Waals surface area contributed by atoms with Crippen molar-refractivity contribution in [2.45, 2.75) is 89.9 Å². The molecule has 1 fully saturated rings. The number of rotatable bonds is 13. The predicted molar refractivity (Wildman–Crippen MR) is 113 cm³/mol. The van der Waals surface area contributed by atoms with Gasteiger partial charge in [0.2, 0.25) is 0 Å². The van der Waals surface area contributed by atoms with Crippen molar-refractivity contribution in [1.82, 2.24) is 0 Å². The Balaban J connectivity index is 2.07. The quantitative estimate of drug-likeness (QED) is 0.167. The van der Waals surface area contributed by atoms with Gasteiger partial charge in [0, 0.05) is 29.2 Å². The van der Waals surface area contributed by atoms with Gasteiger partial charge in [-0.1, -0.05) is 44.9 Å². The van der Waals surface area contributed by atoms with Gasteiger partial charge in [-0.25, -0.2) is 0 Å². The second-order valence-corrected chi connectivity index (χ2v) is 8.15. The maximum absolute atomic E-state index is 8.76. The lowest BCUT2D eigenvalue weighted by atomic mass is 10.1. The van der Waals surface area contributed by atoms with Gasteiger partial charge < -0.3 is 9.59 Å². The molecule has 140 valence electrons. The molecule has 0 aromatic heterocycles. The van der Waals surface area contributed by atoms with Gasteiger partial charge in [0.1, 0.15) is 6.54 Å². The minimum atomic E-state index is 0.365. The normalized spacial score (nSPS) is 17.1. The van der Waals surface area contributed by atoms with Crippen LogP contribution in [0.15, 0.2) is 0 Å². The van der Waals surface area contributed by atoms with Crippen LogP contribution in [0.25, 0.3) is 0 Å². The van der Waals surface area contributed by atoms with Crippen LogP contribution in [-0.2, 0) is 0 Å². The molecule has 0 saturated carbocycles. The Morgan fingerprint density at radius 1 is 0.708 bits per heavy atom. The number of nitrogens with zero attached hydrogens (tertiary/aromatic N) is 1. The third-order valence-corrected chi connectivity index (χ3v) is 5.92. The molecule has 0 amide bonds. The van der Waals surface area contributed by atoms with E-state index in [9.17, 15) is 0 Å². The lowest BCUT2D eigenvalue weighted by Crippen LogP contribution is -2.49. The summed E-state index contributed by atoms with van der Waals surface area (Å²) in [5.41, 5.74) is 0. The van der Waals surface area contributed by atoms with Gasteiger partial charge in [-0.2, -0.15) is 0 Å². The standard InChI is InChI=1S/C21H39INO/c22-16-15-20-23(18-12-8-9-13-19-23)17-11-7-5-3-1-2-4-6-10-14-21-24/h24H,1-14,17-21H2/q+1. The Bertz CT molecular complexity index is 339. The van der Waals surface area contributed by atoms with Crippen molar-refractivity contribution >= 4 is 22.6 Å². The smallest absolute Gasteiger partial charge is 0.141 e. The highest BCUT2D eigenvalue weighted by Gasteiger charge is 2.26. The van der Waals surface area contributed by atoms with Crippen LogP contribution in [0.1, 0.15) is 89.9 Å². The number of unbranched alkanes of at least 4 members (excludes halogenated alkanes) is 9. The maximum atomic E-state index is 8.76. The number of likely N-dealkylation sites (tertiary alicyclic amines) is 1. The molecule has 0 bridgehead atoms. The van der Waals surface area contributed by atoms with E-state index in [4.69, 9.17) is 5.11 Å². The fourth-order valence-electron chi connectivity index (χ4n) is 3.99. The van der Waals surface area contributed by atoms with E-state index in [2.05, 4.69) is 32.4 Å². The summed E-state index contributed by atoms with van der Waals surface area (Å²) >= 11 is 2.19. The van der Waals surface area contributed by atoms with Gasteiger partial charge in [0.25, 0.3) is 0 Å². The van der Waals surface area contributed by atoms with Gasteiger partial charge in [-0.3, -0.25) is 0 Å². The van der Waals surface area contributed by atoms with Crippen molar-refractivity contribution in [2.24, 2.45) is 0 Å². The van der Waals surface area contributed by atoms with Gasteiger partial charge in [-0.05, 0) is 54.8 Å². The Morgan fingerprint density at radius 3 is 1.71 bits per heavy atom. The Labute approximate surface area is 164 Å². The first-order valence-corrected chi connectivity index (χ1v) is 11.5. The van der Waals surface area contributed by atoms with E-state index >= 15 is 0 Å². The molecule has 1 rings (SSSR count). The molecule has 3 heteroatoms. The summed E-state index contributed by atoms with van der Waals surface area (Å²) in [5, 5.41) is 8.76. The van der Waals surface area contributed by atoms with Crippen LogP contribution in [0.3, 0.4) is 0 Å². The fraction of sp³-hybridized carbons (Fsp3) is 0.905. The lowest BCUT2D eigenvalue weighted by Gasteiger charge is -2.36. The summed E-state index contributed by atoms with van der Waals surface area (Å²) in [6.07, 6.45) is 18.9. The summed E-state index contributed by atoms with van der Waals surface area (Å²) < 4.78 is 4.37. The highest BCUT2D eigenvalue weighted by Crippen LogP contribution is 2.20. The zero-order valence-electron chi connectivity index (χ0n) is 15.7. The molecule has 0 aromatic rings. The van der Waals surface area contributed by atoms with E-state index < -0.39 is 0 Å². The van der Waals surface area contributed by atoms with Crippen molar-refractivity contribution in [2.75, 3.05) is 32.8 Å². The number of aliphatic hydroxyl groups excluding tert-OH is 1. The predicted octanol–water partition coefficient (Wildman–Crippen LogP) is 5.67. The molecule has 1 N–H and O–H groups in total. The Hall–Kier alpha value is 0.210. The monoisotopic (exact) mass is 448 g/mol. The first-order valence-electron chi connectivity index (χ1n) is 10.4. The second-order valence-electron chi connectivity index (χ2n) is 7.62. The topological polar surface area (TPSA) is 20.2 Å². The summed E-state index contributed by atoms with van der Waals surface area (Å²) in [6.45, 7) is 5.52. The average molecular weight is 448 g/mol. The van der Waals surface area contributed by atoms with E-state index in [1.807, 2.05) is 0 Å². The molecular weight excluding hydrogens is 409 g/mol. The minimum Gasteiger partial charge on any atom is -0.396 e. The van der Waals surface area contributed by atoms with Crippen LogP contribution < -0.4 is 0 Å². The molecule has 0 aromatic carbocycles. The summed E-state index contributed by atoms with van der Waals surface area (Å²) in [6, 6.07) is 0. The second kappa shape index (κ2) is 15.5. The SMILES string of the molecule is OCCCCCCCCCCCC[N+]1(CC#CI)CCCCCC1. The van der Waals surface area contributed by atoms with Crippen LogP contribution in [0.2, 0.25) is 0 Å². The molecule has 0 aliphatic carbocycles. The van der Waals surface area contributed by atoms with Crippen LogP contribution in [0.5, 0.6) is 0 Å². The fourth-order valence-corrected chi connectivity index (χ4v) is 4.16. The molecule has 1 aliphatic rings. The van der Waals surface area contributed by atoms with E-state index in [1.165, 1.54) is 108 Å². The van der Waals surface area contributed by atoms with Gasteiger partial charge in [-0.15, -0.1) is 0 Å². The van der Waals surface area contributed by atoms with Crippen molar-refractivity contribution in [3.8, 4) is 9.85 Å². The van der Waals surface area contributed by atoms with Crippen molar-refractivity contribution < 1.29 is 9.59 Å². The van der Waals surface area contributed by atoms with Crippen LogP contribution >= 0.6 is 22.6 Å². The lowest BCUT2D eigenvalue weighted by molar-refractivity contribution is -0.921. The molecule has 0 radical (unpaired) electrons. The molecule has 1 saturated heterocycles.